The van der Waals surface area contributed by atoms with Crippen LogP contribution < -0.4 is 4.90 Å². The summed E-state index contributed by atoms with van der Waals surface area (Å²) < 4.78 is 6.30. The molecule has 0 spiro atoms. The maximum Gasteiger partial charge on any atom is 0.135 e. The standard InChI is InChI=1S/C50H35NO/c1-3-14-36(15-4-1)37-26-30-42(31-27-37)51(44-20-13-19-40(34-44)50-35-41-18-7-12-25-49(41)52-50)43-32-28-39(29-33-43)46-22-9-11-24-48(46)47-23-10-8-21-45(47)38-16-5-2-6-17-38/h1-35H. The highest BCUT2D eigenvalue weighted by molar-refractivity contribution is 5.92. The summed E-state index contributed by atoms with van der Waals surface area (Å²) in [7, 11) is 0. The van der Waals surface area contributed by atoms with E-state index in [1.165, 1.54) is 38.9 Å². The van der Waals surface area contributed by atoms with E-state index in [-0.39, 0.29) is 0 Å². The Morgan fingerprint density at radius 3 is 1.37 bits per heavy atom. The highest BCUT2D eigenvalue weighted by atomic mass is 16.3. The Balaban J connectivity index is 1.12. The molecule has 0 bridgehead atoms. The van der Waals surface area contributed by atoms with Crippen LogP contribution >= 0.6 is 0 Å². The number of furan rings is 1. The molecule has 2 nitrogen and oxygen atoms in total. The van der Waals surface area contributed by atoms with Crippen LogP contribution in [-0.4, -0.2) is 0 Å². The zero-order valence-electron chi connectivity index (χ0n) is 28.6. The van der Waals surface area contributed by atoms with E-state index in [9.17, 15) is 0 Å². The molecule has 9 rings (SSSR count). The zero-order valence-corrected chi connectivity index (χ0v) is 28.6. The molecule has 0 unspecified atom stereocenters. The van der Waals surface area contributed by atoms with E-state index in [4.69, 9.17) is 4.42 Å². The Bertz CT molecular complexity index is 2570. The van der Waals surface area contributed by atoms with Crippen molar-refractivity contribution in [3.63, 3.8) is 0 Å². The lowest BCUT2D eigenvalue weighted by Gasteiger charge is -2.26. The molecule has 246 valence electrons. The number of hydrogen-bond acceptors (Lipinski definition) is 2. The van der Waals surface area contributed by atoms with Gasteiger partial charge in [0.1, 0.15) is 11.3 Å². The predicted octanol–water partition coefficient (Wildman–Crippen LogP) is 14.2. The smallest absolute Gasteiger partial charge is 0.135 e. The van der Waals surface area contributed by atoms with Crippen LogP contribution in [0.25, 0.3) is 66.8 Å². The highest BCUT2D eigenvalue weighted by Crippen LogP contribution is 2.41. The number of hydrogen-bond donors (Lipinski definition) is 0. The van der Waals surface area contributed by atoms with Gasteiger partial charge in [-0.25, -0.2) is 0 Å². The number of benzene rings is 8. The number of nitrogens with zero attached hydrogens (tertiary/aromatic N) is 1. The molecule has 0 saturated carbocycles. The molecule has 0 amide bonds. The lowest BCUT2D eigenvalue weighted by Crippen LogP contribution is -2.10. The van der Waals surface area contributed by atoms with Crippen molar-refractivity contribution in [2.24, 2.45) is 0 Å². The third kappa shape index (κ3) is 6.08. The van der Waals surface area contributed by atoms with Gasteiger partial charge in [0.15, 0.2) is 0 Å². The van der Waals surface area contributed by atoms with Crippen LogP contribution in [0.5, 0.6) is 0 Å². The first kappa shape index (κ1) is 31.1. The van der Waals surface area contributed by atoms with Gasteiger partial charge in [-0.3, -0.25) is 0 Å². The largest absolute Gasteiger partial charge is 0.456 e. The fourth-order valence-corrected chi connectivity index (χ4v) is 7.15. The van der Waals surface area contributed by atoms with Gasteiger partial charge in [0, 0.05) is 28.0 Å². The van der Waals surface area contributed by atoms with Gasteiger partial charge in [0.25, 0.3) is 0 Å². The third-order valence-electron chi connectivity index (χ3n) is 9.71. The molecule has 0 saturated heterocycles. The summed E-state index contributed by atoms with van der Waals surface area (Å²) in [6.07, 6.45) is 0. The van der Waals surface area contributed by atoms with E-state index in [0.29, 0.717) is 0 Å². The molecule has 52 heavy (non-hydrogen) atoms. The summed E-state index contributed by atoms with van der Waals surface area (Å²) in [5.74, 6) is 0.852. The molecular formula is C50H35NO. The normalized spacial score (nSPS) is 11.1. The van der Waals surface area contributed by atoms with E-state index < -0.39 is 0 Å². The lowest BCUT2D eigenvalue weighted by molar-refractivity contribution is 0.631. The summed E-state index contributed by atoms with van der Waals surface area (Å²) in [4.78, 5) is 2.32. The lowest BCUT2D eigenvalue weighted by atomic mass is 9.89. The highest BCUT2D eigenvalue weighted by Gasteiger charge is 2.17. The van der Waals surface area contributed by atoms with Gasteiger partial charge in [-0.05, 0) is 93.0 Å². The summed E-state index contributed by atoms with van der Waals surface area (Å²) >= 11 is 0. The van der Waals surface area contributed by atoms with Gasteiger partial charge < -0.3 is 9.32 Å². The van der Waals surface area contributed by atoms with Crippen molar-refractivity contribution < 1.29 is 4.42 Å². The molecule has 1 aromatic heterocycles. The van der Waals surface area contributed by atoms with Crippen LogP contribution in [0.1, 0.15) is 0 Å². The first-order chi connectivity index (χ1) is 25.8. The van der Waals surface area contributed by atoms with E-state index in [2.05, 4.69) is 199 Å². The number of para-hydroxylation sites is 1. The number of rotatable bonds is 8. The first-order valence-corrected chi connectivity index (χ1v) is 17.7. The molecule has 0 aliphatic rings. The minimum absolute atomic E-state index is 0.852. The fraction of sp³-hybridized carbons (Fsp3) is 0. The third-order valence-corrected chi connectivity index (χ3v) is 9.71. The van der Waals surface area contributed by atoms with Crippen LogP contribution in [0.4, 0.5) is 17.1 Å². The average molecular weight is 666 g/mol. The molecule has 0 aliphatic heterocycles. The molecule has 1 heterocycles. The van der Waals surface area contributed by atoms with E-state index in [1.807, 2.05) is 18.2 Å². The zero-order chi connectivity index (χ0) is 34.7. The van der Waals surface area contributed by atoms with Crippen molar-refractivity contribution in [3.05, 3.63) is 212 Å². The van der Waals surface area contributed by atoms with Gasteiger partial charge in [0.05, 0.1) is 0 Å². The van der Waals surface area contributed by atoms with Crippen molar-refractivity contribution >= 4 is 28.0 Å². The quantitative estimate of drug-likeness (QED) is 0.161. The van der Waals surface area contributed by atoms with Crippen LogP contribution in [-0.2, 0) is 0 Å². The van der Waals surface area contributed by atoms with Gasteiger partial charge in [-0.1, -0.05) is 164 Å². The minimum atomic E-state index is 0.852. The summed E-state index contributed by atoms with van der Waals surface area (Å²) in [6.45, 7) is 0. The SMILES string of the molecule is c1ccc(-c2ccc(N(c3ccc(-c4ccccc4-c4ccccc4-c4ccccc4)cc3)c3cccc(-c4cc5ccccc5o4)c3)cc2)cc1. The second kappa shape index (κ2) is 13.8. The second-order valence-corrected chi connectivity index (χ2v) is 13.0. The molecule has 0 radical (unpaired) electrons. The van der Waals surface area contributed by atoms with Crippen LogP contribution in [0, 0.1) is 0 Å². The van der Waals surface area contributed by atoms with Gasteiger partial charge >= 0.3 is 0 Å². The molecule has 0 N–H and O–H groups in total. The monoisotopic (exact) mass is 665 g/mol. The number of anilines is 3. The van der Waals surface area contributed by atoms with E-state index >= 15 is 0 Å². The van der Waals surface area contributed by atoms with Crippen molar-refractivity contribution in [1.29, 1.82) is 0 Å². The van der Waals surface area contributed by atoms with Gasteiger partial charge in [0.2, 0.25) is 0 Å². The topological polar surface area (TPSA) is 16.4 Å². The summed E-state index contributed by atoms with van der Waals surface area (Å²) in [5, 5.41) is 1.10. The van der Waals surface area contributed by atoms with Gasteiger partial charge in [-0.2, -0.15) is 0 Å². The summed E-state index contributed by atoms with van der Waals surface area (Å²) in [6, 6.07) is 75.2. The maximum atomic E-state index is 6.30. The van der Waals surface area contributed by atoms with Crippen molar-refractivity contribution in [2.75, 3.05) is 4.90 Å². The summed E-state index contributed by atoms with van der Waals surface area (Å²) in [5.41, 5.74) is 14.7. The van der Waals surface area contributed by atoms with Crippen molar-refractivity contribution in [3.8, 4) is 55.8 Å². The first-order valence-electron chi connectivity index (χ1n) is 17.7. The minimum Gasteiger partial charge on any atom is -0.456 e. The van der Waals surface area contributed by atoms with Crippen LogP contribution in [0.15, 0.2) is 217 Å². The molecule has 8 aromatic carbocycles. The van der Waals surface area contributed by atoms with Crippen molar-refractivity contribution in [2.45, 2.75) is 0 Å². The maximum absolute atomic E-state index is 6.30. The Labute approximate surface area is 304 Å². The fourth-order valence-electron chi connectivity index (χ4n) is 7.15. The molecule has 0 fully saturated rings. The Hall–Kier alpha value is -6.90. The Morgan fingerprint density at radius 2 is 0.750 bits per heavy atom. The van der Waals surface area contributed by atoms with E-state index in [0.717, 1.165) is 44.9 Å². The Kier molecular flexibility index (Phi) is 8.24. The molecule has 0 atom stereocenters. The molecule has 9 aromatic rings. The Morgan fingerprint density at radius 1 is 0.288 bits per heavy atom. The predicted molar refractivity (Wildman–Crippen MR) is 218 cm³/mol. The van der Waals surface area contributed by atoms with Crippen LogP contribution in [0.3, 0.4) is 0 Å². The molecular weight excluding hydrogens is 631 g/mol. The molecule has 0 aliphatic carbocycles. The second-order valence-electron chi connectivity index (χ2n) is 13.0. The van der Waals surface area contributed by atoms with Crippen LogP contribution in [0.2, 0.25) is 0 Å². The van der Waals surface area contributed by atoms with Crippen molar-refractivity contribution in [1.82, 2.24) is 0 Å². The average Bonchev–Trinajstić information content (AvgIpc) is 3.67. The molecule has 2 heteroatoms. The number of fused-ring (bicyclic) bond motifs is 1. The van der Waals surface area contributed by atoms with E-state index in [1.54, 1.807) is 0 Å². The van der Waals surface area contributed by atoms with Gasteiger partial charge in [-0.15, -0.1) is 0 Å².